The minimum atomic E-state index is -0.457. The lowest BCUT2D eigenvalue weighted by Gasteiger charge is -2.37. The molecule has 28 heavy (non-hydrogen) atoms. The van der Waals surface area contributed by atoms with E-state index in [-0.39, 0.29) is 0 Å². The molecule has 1 aromatic heterocycles. The number of amides is 1. The van der Waals surface area contributed by atoms with Gasteiger partial charge in [-0.3, -0.25) is 14.7 Å². The molecule has 1 amide bonds. The van der Waals surface area contributed by atoms with Crippen LogP contribution in [0.15, 0.2) is 36.5 Å². The molecule has 0 bridgehead atoms. The fourth-order valence-electron chi connectivity index (χ4n) is 3.88. The summed E-state index contributed by atoms with van der Waals surface area (Å²) in [5, 5.41) is 0. The van der Waals surface area contributed by atoms with E-state index in [0.29, 0.717) is 18.9 Å². The first-order chi connectivity index (χ1) is 13.7. The average Bonchev–Trinajstić information content (AvgIpc) is 2.74. The highest BCUT2D eigenvalue weighted by atomic mass is 16.6. The van der Waals surface area contributed by atoms with Crippen LogP contribution in [-0.4, -0.2) is 61.7 Å². The molecule has 2 aromatic rings. The minimum Gasteiger partial charge on any atom is -0.486 e. The monoisotopic (exact) mass is 382 g/mol. The second-order valence-electron chi connectivity index (χ2n) is 7.11. The summed E-state index contributed by atoms with van der Waals surface area (Å²) in [5.74, 6) is 1.26. The Hall–Kier alpha value is -2.80. The number of piperazine rings is 1. The molecule has 1 saturated heterocycles. The van der Waals surface area contributed by atoms with E-state index < -0.39 is 5.91 Å². The lowest BCUT2D eigenvalue weighted by Crippen LogP contribution is -2.46. The van der Waals surface area contributed by atoms with E-state index in [1.165, 1.54) is 0 Å². The number of anilines is 1. The predicted molar refractivity (Wildman–Crippen MR) is 107 cm³/mol. The first-order valence-electron chi connectivity index (χ1n) is 9.82. The van der Waals surface area contributed by atoms with Crippen molar-refractivity contribution in [1.82, 2.24) is 9.88 Å². The summed E-state index contributed by atoms with van der Waals surface area (Å²) < 4.78 is 11.6. The van der Waals surface area contributed by atoms with Gasteiger partial charge in [0, 0.05) is 32.4 Å². The van der Waals surface area contributed by atoms with Crippen LogP contribution in [0.4, 0.5) is 5.69 Å². The van der Waals surface area contributed by atoms with Crippen molar-refractivity contribution in [2.24, 2.45) is 5.73 Å². The Balaban J connectivity index is 1.29. The quantitative estimate of drug-likeness (QED) is 0.819. The Labute approximate surface area is 165 Å². The van der Waals surface area contributed by atoms with Crippen molar-refractivity contribution in [2.75, 3.05) is 50.8 Å². The third kappa shape index (κ3) is 4.04. The fourth-order valence-corrected chi connectivity index (χ4v) is 3.88. The number of hydrogen-bond donors (Lipinski definition) is 1. The molecule has 0 spiro atoms. The standard InChI is InChI=1S/C21H26N4O3/c22-21(26)19-16(4-2-8-23-19)5-3-9-24-10-12-25(13-11-24)17-6-1-7-18-20(17)28-15-14-27-18/h1-2,4,6-8H,3,5,9-15H2,(H2,22,26). The van der Waals surface area contributed by atoms with Gasteiger partial charge in [0.15, 0.2) is 11.5 Å². The molecule has 0 atom stereocenters. The first-order valence-corrected chi connectivity index (χ1v) is 9.82. The second kappa shape index (κ2) is 8.48. The van der Waals surface area contributed by atoms with Crippen molar-refractivity contribution in [3.8, 4) is 11.5 Å². The van der Waals surface area contributed by atoms with E-state index in [0.717, 1.165) is 68.3 Å². The van der Waals surface area contributed by atoms with Gasteiger partial charge in [-0.1, -0.05) is 12.1 Å². The average molecular weight is 382 g/mol. The highest BCUT2D eigenvalue weighted by Crippen LogP contribution is 2.39. The third-order valence-electron chi connectivity index (χ3n) is 5.30. The van der Waals surface area contributed by atoms with Gasteiger partial charge in [0.25, 0.3) is 5.91 Å². The summed E-state index contributed by atoms with van der Waals surface area (Å²) in [6.45, 7) is 6.12. The number of para-hydroxylation sites is 1. The van der Waals surface area contributed by atoms with E-state index in [2.05, 4.69) is 20.9 Å². The third-order valence-corrected chi connectivity index (χ3v) is 5.30. The summed E-state index contributed by atoms with van der Waals surface area (Å²) in [5.41, 5.74) is 7.86. The number of rotatable bonds is 6. The van der Waals surface area contributed by atoms with Crippen LogP contribution in [0.25, 0.3) is 0 Å². The summed E-state index contributed by atoms with van der Waals surface area (Å²) in [6.07, 6.45) is 3.40. The van der Waals surface area contributed by atoms with E-state index in [1.807, 2.05) is 24.3 Å². The number of carbonyl (C=O) groups is 1. The number of aromatic nitrogens is 1. The molecule has 0 unspecified atom stereocenters. The maximum absolute atomic E-state index is 11.5. The molecule has 2 aliphatic heterocycles. The van der Waals surface area contributed by atoms with Gasteiger partial charge in [0.1, 0.15) is 18.9 Å². The minimum absolute atomic E-state index is 0.392. The van der Waals surface area contributed by atoms with Crippen molar-refractivity contribution < 1.29 is 14.3 Å². The molecule has 7 heteroatoms. The number of ether oxygens (including phenoxy) is 2. The Morgan fingerprint density at radius 3 is 2.71 bits per heavy atom. The smallest absolute Gasteiger partial charge is 0.267 e. The van der Waals surface area contributed by atoms with Gasteiger partial charge >= 0.3 is 0 Å². The lowest BCUT2D eigenvalue weighted by atomic mass is 10.1. The Morgan fingerprint density at radius 1 is 1.07 bits per heavy atom. The van der Waals surface area contributed by atoms with Gasteiger partial charge in [0.2, 0.25) is 0 Å². The number of benzene rings is 1. The van der Waals surface area contributed by atoms with Crippen LogP contribution < -0.4 is 20.1 Å². The van der Waals surface area contributed by atoms with Crippen LogP contribution in [0.3, 0.4) is 0 Å². The van der Waals surface area contributed by atoms with E-state index in [9.17, 15) is 4.79 Å². The van der Waals surface area contributed by atoms with Gasteiger partial charge in [-0.25, -0.2) is 0 Å². The zero-order valence-corrected chi connectivity index (χ0v) is 16.0. The summed E-state index contributed by atoms with van der Waals surface area (Å²) in [4.78, 5) is 20.4. The zero-order chi connectivity index (χ0) is 19.3. The van der Waals surface area contributed by atoms with Crippen LogP contribution in [0, 0.1) is 0 Å². The fraction of sp³-hybridized carbons (Fsp3) is 0.429. The molecular formula is C21H26N4O3. The number of primary amides is 1. The number of pyridine rings is 1. The van der Waals surface area contributed by atoms with E-state index >= 15 is 0 Å². The van der Waals surface area contributed by atoms with Crippen molar-refractivity contribution >= 4 is 11.6 Å². The molecule has 4 rings (SSSR count). The summed E-state index contributed by atoms with van der Waals surface area (Å²) in [7, 11) is 0. The summed E-state index contributed by atoms with van der Waals surface area (Å²) >= 11 is 0. The molecule has 2 aliphatic rings. The SMILES string of the molecule is NC(=O)c1ncccc1CCCN1CCN(c2cccc3c2OCCO3)CC1. The van der Waals surface area contributed by atoms with Crippen LogP contribution in [0.2, 0.25) is 0 Å². The summed E-state index contributed by atoms with van der Waals surface area (Å²) in [6, 6.07) is 9.89. The van der Waals surface area contributed by atoms with E-state index in [1.54, 1.807) is 6.20 Å². The number of hydrogen-bond acceptors (Lipinski definition) is 6. The molecule has 0 aliphatic carbocycles. The highest BCUT2D eigenvalue weighted by Gasteiger charge is 2.23. The molecule has 0 saturated carbocycles. The number of aryl methyl sites for hydroxylation is 1. The molecule has 7 nitrogen and oxygen atoms in total. The molecule has 2 N–H and O–H groups in total. The number of carbonyl (C=O) groups excluding carboxylic acids is 1. The van der Waals surface area contributed by atoms with Crippen LogP contribution in [0.1, 0.15) is 22.5 Å². The number of fused-ring (bicyclic) bond motifs is 1. The van der Waals surface area contributed by atoms with Crippen molar-refractivity contribution in [3.05, 3.63) is 47.8 Å². The van der Waals surface area contributed by atoms with Crippen molar-refractivity contribution in [2.45, 2.75) is 12.8 Å². The van der Waals surface area contributed by atoms with Gasteiger partial charge < -0.3 is 20.1 Å². The van der Waals surface area contributed by atoms with Gasteiger partial charge in [-0.2, -0.15) is 0 Å². The van der Waals surface area contributed by atoms with E-state index in [4.69, 9.17) is 15.2 Å². The Bertz CT molecular complexity index is 834. The first kappa shape index (κ1) is 18.6. The number of nitrogens with two attached hydrogens (primary N) is 1. The molecule has 1 aromatic carbocycles. The topological polar surface area (TPSA) is 80.9 Å². The highest BCUT2D eigenvalue weighted by molar-refractivity contribution is 5.92. The normalized spacial score (nSPS) is 16.8. The van der Waals surface area contributed by atoms with Gasteiger partial charge in [-0.15, -0.1) is 0 Å². The molecule has 148 valence electrons. The van der Waals surface area contributed by atoms with Crippen LogP contribution in [-0.2, 0) is 6.42 Å². The molecule has 0 radical (unpaired) electrons. The van der Waals surface area contributed by atoms with Gasteiger partial charge in [-0.05, 0) is 43.1 Å². The van der Waals surface area contributed by atoms with Crippen molar-refractivity contribution in [3.63, 3.8) is 0 Å². The van der Waals surface area contributed by atoms with Crippen molar-refractivity contribution in [1.29, 1.82) is 0 Å². The Kier molecular flexibility index (Phi) is 5.62. The molecule has 1 fully saturated rings. The lowest BCUT2D eigenvalue weighted by molar-refractivity contribution is 0.0994. The molecule has 3 heterocycles. The largest absolute Gasteiger partial charge is 0.486 e. The van der Waals surface area contributed by atoms with Gasteiger partial charge in [0.05, 0.1) is 5.69 Å². The van der Waals surface area contributed by atoms with Crippen LogP contribution >= 0.6 is 0 Å². The van der Waals surface area contributed by atoms with Crippen LogP contribution in [0.5, 0.6) is 11.5 Å². The molecular weight excluding hydrogens is 356 g/mol. The Morgan fingerprint density at radius 2 is 1.89 bits per heavy atom. The second-order valence-corrected chi connectivity index (χ2v) is 7.11. The maximum atomic E-state index is 11.5. The predicted octanol–water partition coefficient (Wildman–Crippen LogP) is 1.71. The maximum Gasteiger partial charge on any atom is 0.267 e. The number of nitrogens with zero attached hydrogens (tertiary/aromatic N) is 3. The zero-order valence-electron chi connectivity index (χ0n) is 16.0.